The molecule has 0 spiro atoms. The molecule has 0 atom stereocenters. The zero-order chi connectivity index (χ0) is 14.8. The molecular weight excluding hydrogens is 346 g/mol. The zero-order valence-corrected chi connectivity index (χ0v) is 13.4. The van der Waals surface area contributed by atoms with Gasteiger partial charge in [0.1, 0.15) is 4.88 Å². The summed E-state index contributed by atoms with van der Waals surface area (Å²) < 4.78 is 48.3. The Kier molecular flexibility index (Phi) is 6.51. The summed E-state index contributed by atoms with van der Waals surface area (Å²) in [6.07, 6.45) is 0.744. The summed E-state index contributed by atoms with van der Waals surface area (Å²) in [4.78, 5) is 13.1. The van der Waals surface area contributed by atoms with E-state index in [2.05, 4.69) is 5.32 Å². The second kappa shape index (κ2) is 7.48. The third-order valence-electron chi connectivity index (χ3n) is 2.99. The van der Waals surface area contributed by atoms with E-state index in [-0.39, 0.29) is 17.3 Å². The van der Waals surface area contributed by atoms with Gasteiger partial charge < -0.3 is 10.2 Å². The van der Waals surface area contributed by atoms with Crippen LogP contribution in [0.2, 0.25) is 0 Å². The van der Waals surface area contributed by atoms with Crippen LogP contribution in [0.4, 0.5) is 8.78 Å². The number of rotatable bonds is 3. The van der Waals surface area contributed by atoms with Gasteiger partial charge in [0, 0.05) is 19.6 Å². The Morgan fingerprint density at radius 3 is 2.71 bits per heavy atom. The molecule has 0 bridgehead atoms. The topological polar surface area (TPSA) is 66.5 Å². The Bertz CT molecular complexity index is 584. The fourth-order valence-electron chi connectivity index (χ4n) is 1.97. The van der Waals surface area contributed by atoms with Gasteiger partial charge in [-0.1, -0.05) is 0 Å². The summed E-state index contributed by atoms with van der Waals surface area (Å²) in [6, 6.07) is 1.06. The van der Waals surface area contributed by atoms with Crippen LogP contribution in [0.15, 0.2) is 16.3 Å². The van der Waals surface area contributed by atoms with Crippen LogP contribution < -0.4 is 5.32 Å². The molecule has 1 aliphatic rings. The highest BCUT2D eigenvalue weighted by atomic mass is 35.5. The maximum atomic E-state index is 12.6. The maximum absolute atomic E-state index is 12.6. The van der Waals surface area contributed by atoms with Crippen LogP contribution in [0.25, 0.3) is 0 Å². The number of sulfone groups is 1. The molecule has 2 rings (SSSR count). The number of halogens is 3. The SMILES string of the molecule is Cl.O=C(c1sccc1S(=O)(=O)C(F)F)N1CCCNCC1. The number of amides is 1. The van der Waals surface area contributed by atoms with Crippen LogP contribution in [0, 0.1) is 0 Å². The molecule has 1 N–H and O–H groups in total. The second-order valence-corrected chi connectivity index (χ2v) is 7.12. The highest BCUT2D eigenvalue weighted by Gasteiger charge is 2.33. The van der Waals surface area contributed by atoms with Crippen LogP contribution in [0.3, 0.4) is 0 Å². The molecule has 1 saturated heterocycles. The number of carbonyl (C=O) groups excluding carboxylic acids is 1. The molecule has 1 aliphatic heterocycles. The van der Waals surface area contributed by atoms with Crippen molar-refractivity contribution < 1.29 is 22.0 Å². The predicted molar refractivity (Wildman–Crippen MR) is 78.1 cm³/mol. The number of carbonyl (C=O) groups is 1. The highest BCUT2D eigenvalue weighted by Crippen LogP contribution is 2.28. The van der Waals surface area contributed by atoms with E-state index in [0.29, 0.717) is 19.6 Å². The largest absolute Gasteiger partial charge is 0.341 e. The van der Waals surface area contributed by atoms with E-state index in [9.17, 15) is 22.0 Å². The molecule has 0 unspecified atom stereocenters. The molecule has 0 saturated carbocycles. The third kappa shape index (κ3) is 3.91. The predicted octanol–water partition coefficient (Wildman–Crippen LogP) is 1.60. The van der Waals surface area contributed by atoms with E-state index in [4.69, 9.17) is 0 Å². The van der Waals surface area contributed by atoms with E-state index in [0.717, 1.165) is 30.4 Å². The van der Waals surface area contributed by atoms with Crippen molar-refractivity contribution in [3.05, 3.63) is 16.3 Å². The lowest BCUT2D eigenvalue weighted by atomic mass is 10.3. The molecule has 1 fully saturated rings. The monoisotopic (exact) mass is 360 g/mol. The number of thiophene rings is 1. The average molecular weight is 361 g/mol. The molecule has 1 aromatic heterocycles. The maximum Gasteiger partial charge on any atom is 0.341 e. The van der Waals surface area contributed by atoms with Gasteiger partial charge in [0.25, 0.3) is 5.91 Å². The van der Waals surface area contributed by atoms with Gasteiger partial charge in [0.15, 0.2) is 0 Å². The van der Waals surface area contributed by atoms with E-state index < -0.39 is 26.4 Å². The Balaban J connectivity index is 0.00000220. The van der Waals surface area contributed by atoms with E-state index in [1.54, 1.807) is 0 Å². The van der Waals surface area contributed by atoms with Gasteiger partial charge >= 0.3 is 5.76 Å². The minimum atomic E-state index is -4.74. The Hall–Kier alpha value is -0.770. The van der Waals surface area contributed by atoms with Gasteiger partial charge in [-0.15, -0.1) is 23.7 Å². The highest BCUT2D eigenvalue weighted by molar-refractivity contribution is 7.92. The molecule has 120 valence electrons. The summed E-state index contributed by atoms with van der Waals surface area (Å²) >= 11 is 0.878. The Morgan fingerprint density at radius 2 is 2.05 bits per heavy atom. The Labute approximate surface area is 131 Å². The van der Waals surface area contributed by atoms with Crippen molar-refractivity contribution in [2.24, 2.45) is 0 Å². The number of hydrogen-bond acceptors (Lipinski definition) is 5. The molecule has 5 nitrogen and oxygen atoms in total. The number of alkyl halides is 2. The van der Waals surface area contributed by atoms with Crippen molar-refractivity contribution in [3.63, 3.8) is 0 Å². The fraction of sp³-hybridized carbons (Fsp3) is 0.545. The van der Waals surface area contributed by atoms with Gasteiger partial charge in [-0.05, 0) is 24.4 Å². The van der Waals surface area contributed by atoms with Crippen molar-refractivity contribution >= 4 is 39.5 Å². The molecule has 2 heterocycles. The summed E-state index contributed by atoms with van der Waals surface area (Å²) in [5.74, 6) is -4.02. The summed E-state index contributed by atoms with van der Waals surface area (Å²) in [7, 11) is -4.74. The fourth-order valence-corrected chi connectivity index (χ4v) is 4.09. The molecule has 21 heavy (non-hydrogen) atoms. The van der Waals surface area contributed by atoms with E-state index >= 15 is 0 Å². The molecule has 0 aromatic carbocycles. The average Bonchev–Trinajstić information content (AvgIpc) is 2.74. The van der Waals surface area contributed by atoms with Crippen molar-refractivity contribution in [1.29, 1.82) is 0 Å². The van der Waals surface area contributed by atoms with Crippen LogP contribution in [0.1, 0.15) is 16.1 Å². The van der Waals surface area contributed by atoms with Crippen LogP contribution in [-0.4, -0.2) is 51.2 Å². The zero-order valence-electron chi connectivity index (χ0n) is 10.9. The van der Waals surface area contributed by atoms with E-state index in [1.807, 2.05) is 0 Å². The lowest BCUT2D eigenvalue weighted by Crippen LogP contribution is -2.34. The van der Waals surface area contributed by atoms with Crippen molar-refractivity contribution in [2.45, 2.75) is 17.1 Å². The summed E-state index contributed by atoms with van der Waals surface area (Å²) in [5, 5.41) is 4.46. The molecule has 0 radical (unpaired) electrons. The smallest absolute Gasteiger partial charge is 0.337 e. The minimum absolute atomic E-state index is 0. The lowest BCUT2D eigenvalue weighted by Gasteiger charge is -2.19. The van der Waals surface area contributed by atoms with Crippen LogP contribution in [-0.2, 0) is 9.84 Å². The first-order valence-electron chi connectivity index (χ1n) is 6.04. The molecule has 10 heteroatoms. The van der Waals surface area contributed by atoms with Gasteiger partial charge in [0.2, 0.25) is 9.84 Å². The van der Waals surface area contributed by atoms with Crippen molar-refractivity contribution in [1.82, 2.24) is 10.2 Å². The first-order valence-corrected chi connectivity index (χ1v) is 8.46. The van der Waals surface area contributed by atoms with Crippen molar-refractivity contribution in [3.8, 4) is 0 Å². The third-order valence-corrected chi connectivity index (χ3v) is 5.45. The van der Waals surface area contributed by atoms with Gasteiger partial charge in [0.05, 0.1) is 4.90 Å². The Morgan fingerprint density at radius 1 is 1.33 bits per heavy atom. The molecular formula is C11H15ClF2N2O3S2. The van der Waals surface area contributed by atoms with Gasteiger partial charge in [-0.3, -0.25) is 4.79 Å². The quantitative estimate of drug-likeness (QED) is 0.889. The first-order chi connectivity index (χ1) is 9.44. The first kappa shape index (κ1) is 18.3. The summed E-state index contributed by atoms with van der Waals surface area (Å²) in [5.41, 5.74) is 0. The van der Waals surface area contributed by atoms with E-state index in [1.165, 1.54) is 10.3 Å². The standard InChI is InChI=1S/C11H14F2N2O3S2.ClH/c12-11(13)20(17,18)8-2-7-19-9(8)10(16)15-5-1-3-14-4-6-15;/h2,7,11,14H,1,3-6H2;1H. The van der Waals surface area contributed by atoms with Crippen molar-refractivity contribution in [2.75, 3.05) is 26.2 Å². The number of nitrogens with zero attached hydrogens (tertiary/aromatic N) is 1. The molecule has 1 amide bonds. The number of hydrogen-bond donors (Lipinski definition) is 1. The van der Waals surface area contributed by atoms with Gasteiger partial charge in [-0.25, -0.2) is 8.42 Å². The minimum Gasteiger partial charge on any atom is -0.337 e. The normalized spacial score (nSPS) is 16.4. The van der Waals surface area contributed by atoms with Crippen LogP contribution in [0.5, 0.6) is 0 Å². The number of nitrogens with one attached hydrogen (secondary N) is 1. The molecule has 0 aliphatic carbocycles. The summed E-state index contributed by atoms with van der Waals surface area (Å²) in [6.45, 7) is 2.30. The molecule has 1 aromatic rings. The van der Waals surface area contributed by atoms with Gasteiger partial charge in [-0.2, -0.15) is 8.78 Å². The second-order valence-electron chi connectivity index (χ2n) is 4.32. The lowest BCUT2D eigenvalue weighted by molar-refractivity contribution is 0.0767. The van der Waals surface area contributed by atoms with Crippen LogP contribution >= 0.6 is 23.7 Å².